The van der Waals surface area contributed by atoms with Gasteiger partial charge in [-0.3, -0.25) is 0 Å². The van der Waals surface area contributed by atoms with Crippen LogP contribution in [0.25, 0.3) is 0 Å². The minimum Gasteiger partial charge on any atom is -0.329 e. The van der Waals surface area contributed by atoms with Crippen molar-refractivity contribution < 1.29 is 4.39 Å². The van der Waals surface area contributed by atoms with Gasteiger partial charge in [-0.25, -0.2) is 14.8 Å². The molecule has 1 aromatic rings. The van der Waals surface area contributed by atoms with E-state index < -0.39 is 0 Å². The van der Waals surface area contributed by atoms with Gasteiger partial charge in [-0.05, 0) is 13.0 Å². The lowest BCUT2D eigenvalue weighted by molar-refractivity contribution is 0.242. The normalized spacial score (nSPS) is 13.2. The molecule has 0 aliphatic heterocycles. The molecule has 84 valence electrons. The molecule has 0 spiro atoms. The monoisotopic (exact) mass is 211 g/mol. The molecule has 1 unspecified atom stereocenters. The molecule has 1 aromatic carbocycles. The number of hydrogen-bond acceptors (Lipinski definition) is 3. The molecular formula is C11H18FN3. The van der Waals surface area contributed by atoms with Crippen LogP contribution in [0.4, 0.5) is 4.39 Å². The first-order valence-electron chi connectivity index (χ1n) is 4.94. The van der Waals surface area contributed by atoms with E-state index in [0.29, 0.717) is 12.1 Å². The zero-order valence-corrected chi connectivity index (χ0v) is 9.42. The standard InChI is InChI=1S/C11H18FN3/c1-8-4-5-10(12)9(6-8)11(7-13)14-15(2)3/h4-6,11,14H,7,13H2,1-3H3. The summed E-state index contributed by atoms with van der Waals surface area (Å²) < 4.78 is 13.5. The van der Waals surface area contributed by atoms with Crippen LogP contribution < -0.4 is 11.2 Å². The Bertz CT molecular complexity index is 326. The Hall–Kier alpha value is -0.970. The molecule has 0 aliphatic carbocycles. The van der Waals surface area contributed by atoms with E-state index in [0.717, 1.165) is 5.56 Å². The zero-order valence-electron chi connectivity index (χ0n) is 9.42. The van der Waals surface area contributed by atoms with Gasteiger partial charge in [0.25, 0.3) is 0 Å². The third-order valence-corrected chi connectivity index (χ3v) is 2.18. The van der Waals surface area contributed by atoms with Crippen molar-refractivity contribution in [2.75, 3.05) is 20.6 Å². The van der Waals surface area contributed by atoms with Crippen molar-refractivity contribution in [2.45, 2.75) is 13.0 Å². The highest BCUT2D eigenvalue weighted by molar-refractivity contribution is 5.27. The molecule has 1 rings (SSSR count). The summed E-state index contributed by atoms with van der Waals surface area (Å²) in [7, 11) is 3.72. The van der Waals surface area contributed by atoms with Gasteiger partial charge in [0.15, 0.2) is 0 Å². The molecular weight excluding hydrogens is 193 g/mol. The molecule has 0 aliphatic rings. The minimum absolute atomic E-state index is 0.181. The molecule has 4 heteroatoms. The molecule has 15 heavy (non-hydrogen) atoms. The summed E-state index contributed by atoms with van der Waals surface area (Å²) in [6.45, 7) is 2.30. The molecule has 3 nitrogen and oxygen atoms in total. The number of halogens is 1. The van der Waals surface area contributed by atoms with Gasteiger partial charge in [-0.2, -0.15) is 0 Å². The van der Waals surface area contributed by atoms with Crippen LogP contribution in [0.3, 0.4) is 0 Å². The molecule has 0 bridgehead atoms. The van der Waals surface area contributed by atoms with Gasteiger partial charge in [0.2, 0.25) is 0 Å². The highest BCUT2D eigenvalue weighted by atomic mass is 19.1. The second kappa shape index (κ2) is 5.21. The van der Waals surface area contributed by atoms with Crippen molar-refractivity contribution in [3.05, 3.63) is 35.1 Å². The Morgan fingerprint density at radius 3 is 2.67 bits per heavy atom. The Labute approximate surface area is 90.0 Å². The predicted octanol–water partition coefficient (Wildman–Crippen LogP) is 1.20. The van der Waals surface area contributed by atoms with Crippen LogP contribution >= 0.6 is 0 Å². The molecule has 0 heterocycles. The van der Waals surface area contributed by atoms with Gasteiger partial charge < -0.3 is 5.73 Å². The van der Waals surface area contributed by atoms with Gasteiger partial charge in [0, 0.05) is 26.2 Å². The SMILES string of the molecule is Cc1ccc(F)c(C(CN)NN(C)C)c1. The average Bonchev–Trinajstić information content (AvgIpc) is 2.18. The van der Waals surface area contributed by atoms with Gasteiger partial charge in [-0.15, -0.1) is 0 Å². The van der Waals surface area contributed by atoms with E-state index in [1.54, 1.807) is 11.1 Å². The summed E-state index contributed by atoms with van der Waals surface area (Å²) >= 11 is 0. The summed E-state index contributed by atoms with van der Waals surface area (Å²) in [4.78, 5) is 0. The van der Waals surface area contributed by atoms with E-state index in [9.17, 15) is 4.39 Å². The van der Waals surface area contributed by atoms with Gasteiger partial charge in [0.05, 0.1) is 6.04 Å². The number of nitrogens with zero attached hydrogens (tertiary/aromatic N) is 1. The van der Waals surface area contributed by atoms with E-state index in [2.05, 4.69) is 5.43 Å². The fraction of sp³-hybridized carbons (Fsp3) is 0.455. The van der Waals surface area contributed by atoms with E-state index in [1.807, 2.05) is 27.1 Å². The molecule has 3 N–H and O–H groups in total. The molecule has 0 fully saturated rings. The lowest BCUT2D eigenvalue weighted by atomic mass is 10.0. The Morgan fingerprint density at radius 1 is 1.47 bits per heavy atom. The first-order valence-corrected chi connectivity index (χ1v) is 4.94. The number of hydrazine groups is 1. The molecule has 0 amide bonds. The number of rotatable bonds is 4. The smallest absolute Gasteiger partial charge is 0.128 e. The fourth-order valence-electron chi connectivity index (χ4n) is 1.49. The maximum atomic E-state index is 13.5. The summed E-state index contributed by atoms with van der Waals surface area (Å²) in [6.07, 6.45) is 0. The van der Waals surface area contributed by atoms with Crippen molar-refractivity contribution in [1.82, 2.24) is 10.4 Å². The Morgan fingerprint density at radius 2 is 2.13 bits per heavy atom. The summed E-state index contributed by atoms with van der Waals surface area (Å²) in [5, 5.41) is 1.78. The lowest BCUT2D eigenvalue weighted by Gasteiger charge is -2.22. The summed E-state index contributed by atoms with van der Waals surface area (Å²) in [6, 6.07) is 4.87. The van der Waals surface area contributed by atoms with Crippen molar-refractivity contribution in [1.29, 1.82) is 0 Å². The van der Waals surface area contributed by atoms with Gasteiger partial charge in [0.1, 0.15) is 5.82 Å². The fourth-order valence-corrected chi connectivity index (χ4v) is 1.49. The highest BCUT2D eigenvalue weighted by Crippen LogP contribution is 2.17. The van der Waals surface area contributed by atoms with Crippen LogP contribution in [0.1, 0.15) is 17.2 Å². The Balaban J connectivity index is 2.95. The largest absolute Gasteiger partial charge is 0.329 e. The summed E-state index contributed by atoms with van der Waals surface area (Å²) in [5.74, 6) is -0.217. The lowest BCUT2D eigenvalue weighted by Crippen LogP contribution is -2.38. The first-order chi connectivity index (χ1) is 7.04. The van der Waals surface area contributed by atoms with Crippen LogP contribution in [-0.4, -0.2) is 25.6 Å². The molecule has 0 saturated carbocycles. The number of nitrogens with one attached hydrogen (secondary N) is 1. The number of nitrogens with two attached hydrogens (primary N) is 1. The maximum Gasteiger partial charge on any atom is 0.128 e. The van der Waals surface area contributed by atoms with E-state index in [-0.39, 0.29) is 11.9 Å². The Kier molecular flexibility index (Phi) is 4.20. The van der Waals surface area contributed by atoms with Crippen LogP contribution in [0.2, 0.25) is 0 Å². The quantitative estimate of drug-likeness (QED) is 0.735. The van der Waals surface area contributed by atoms with Gasteiger partial charge in [-0.1, -0.05) is 17.7 Å². The van der Waals surface area contributed by atoms with Crippen LogP contribution in [0.5, 0.6) is 0 Å². The van der Waals surface area contributed by atoms with Crippen molar-refractivity contribution >= 4 is 0 Å². The molecule has 0 saturated heterocycles. The van der Waals surface area contributed by atoms with E-state index in [1.165, 1.54) is 6.07 Å². The zero-order chi connectivity index (χ0) is 11.4. The predicted molar refractivity (Wildman–Crippen MR) is 59.8 cm³/mol. The molecule has 1 atom stereocenters. The van der Waals surface area contributed by atoms with E-state index >= 15 is 0 Å². The first kappa shape index (κ1) is 12.1. The van der Waals surface area contributed by atoms with Crippen LogP contribution in [-0.2, 0) is 0 Å². The van der Waals surface area contributed by atoms with E-state index in [4.69, 9.17) is 5.73 Å². The third-order valence-electron chi connectivity index (χ3n) is 2.18. The van der Waals surface area contributed by atoms with Crippen LogP contribution in [0.15, 0.2) is 18.2 Å². The molecule has 0 aromatic heterocycles. The van der Waals surface area contributed by atoms with Crippen molar-refractivity contribution in [2.24, 2.45) is 5.73 Å². The topological polar surface area (TPSA) is 41.3 Å². The summed E-state index contributed by atoms with van der Waals surface area (Å²) in [5.41, 5.74) is 10.3. The minimum atomic E-state index is -0.217. The second-order valence-electron chi connectivity index (χ2n) is 3.84. The highest BCUT2D eigenvalue weighted by Gasteiger charge is 2.14. The average molecular weight is 211 g/mol. The van der Waals surface area contributed by atoms with Crippen molar-refractivity contribution in [3.63, 3.8) is 0 Å². The number of hydrogen-bond donors (Lipinski definition) is 2. The van der Waals surface area contributed by atoms with Crippen molar-refractivity contribution in [3.8, 4) is 0 Å². The third kappa shape index (κ3) is 3.27. The second-order valence-corrected chi connectivity index (χ2v) is 3.84. The van der Waals surface area contributed by atoms with Crippen LogP contribution in [0, 0.1) is 12.7 Å². The molecule has 0 radical (unpaired) electrons. The number of benzene rings is 1. The van der Waals surface area contributed by atoms with Gasteiger partial charge >= 0.3 is 0 Å². The maximum absolute atomic E-state index is 13.5. The number of aryl methyl sites for hydroxylation is 1.